The van der Waals surface area contributed by atoms with Crippen LogP contribution in [-0.2, 0) is 6.54 Å². The van der Waals surface area contributed by atoms with Crippen LogP contribution in [-0.4, -0.2) is 41.7 Å². The average Bonchev–Trinajstić information content (AvgIpc) is 2.95. The molecule has 0 aliphatic rings. The van der Waals surface area contributed by atoms with Crippen molar-refractivity contribution in [1.82, 2.24) is 29.9 Å². The molecule has 0 aromatic carbocycles. The van der Waals surface area contributed by atoms with Gasteiger partial charge in [-0.05, 0) is 13.0 Å². The number of aryl methyl sites for hydroxylation is 1. The molecule has 0 spiro atoms. The smallest absolute Gasteiger partial charge is 0.184 e. The van der Waals surface area contributed by atoms with Gasteiger partial charge < -0.3 is 5.11 Å². The summed E-state index contributed by atoms with van der Waals surface area (Å²) in [5.41, 5.74) is 2.19. The van der Waals surface area contributed by atoms with Crippen LogP contribution in [0.4, 0.5) is 0 Å². The quantitative estimate of drug-likeness (QED) is 0.700. The van der Waals surface area contributed by atoms with Crippen molar-refractivity contribution in [2.45, 2.75) is 13.5 Å². The van der Waals surface area contributed by atoms with Gasteiger partial charge in [-0.15, -0.1) is 0 Å². The fourth-order valence-electron chi connectivity index (χ4n) is 1.81. The zero-order valence-corrected chi connectivity index (χ0v) is 9.83. The number of hydrogen-bond acceptors (Lipinski definition) is 5. The lowest BCUT2D eigenvalue weighted by Crippen LogP contribution is -2.02. The maximum atomic E-state index is 8.86. The van der Waals surface area contributed by atoms with Gasteiger partial charge in [0.1, 0.15) is 11.5 Å². The molecule has 18 heavy (non-hydrogen) atoms. The molecule has 0 aliphatic heterocycles. The molecule has 3 aromatic heterocycles. The number of aromatic amines is 1. The number of H-pyrrole nitrogens is 1. The maximum Gasteiger partial charge on any atom is 0.184 e. The van der Waals surface area contributed by atoms with Crippen molar-refractivity contribution in [3.05, 3.63) is 24.3 Å². The number of fused-ring (bicyclic) bond motifs is 1. The van der Waals surface area contributed by atoms with Gasteiger partial charge in [-0.3, -0.25) is 9.78 Å². The highest BCUT2D eigenvalue weighted by Gasteiger charge is 2.11. The second-order valence-corrected chi connectivity index (χ2v) is 3.94. The van der Waals surface area contributed by atoms with Crippen LogP contribution in [0, 0.1) is 6.92 Å². The van der Waals surface area contributed by atoms with E-state index in [4.69, 9.17) is 5.11 Å². The fourth-order valence-corrected chi connectivity index (χ4v) is 1.81. The highest BCUT2D eigenvalue weighted by molar-refractivity contribution is 5.88. The van der Waals surface area contributed by atoms with Crippen molar-refractivity contribution >= 4 is 11.0 Å². The summed E-state index contributed by atoms with van der Waals surface area (Å²) in [6.45, 7) is 2.36. The zero-order valence-electron chi connectivity index (χ0n) is 9.83. The lowest BCUT2D eigenvalue weighted by molar-refractivity contribution is 0.269. The second-order valence-electron chi connectivity index (χ2n) is 3.94. The van der Waals surface area contributed by atoms with Crippen LogP contribution in [0.5, 0.6) is 0 Å². The molecule has 7 heteroatoms. The molecule has 0 atom stereocenters. The Morgan fingerprint density at radius 2 is 2.33 bits per heavy atom. The van der Waals surface area contributed by atoms with Crippen molar-refractivity contribution in [3.63, 3.8) is 0 Å². The molecule has 0 amide bonds. The van der Waals surface area contributed by atoms with Gasteiger partial charge in [0.15, 0.2) is 5.65 Å². The third kappa shape index (κ3) is 1.74. The summed E-state index contributed by atoms with van der Waals surface area (Å²) in [7, 11) is 0. The van der Waals surface area contributed by atoms with E-state index < -0.39 is 0 Å². The van der Waals surface area contributed by atoms with Crippen LogP contribution in [0.3, 0.4) is 0 Å². The Morgan fingerprint density at radius 1 is 1.44 bits per heavy atom. The molecule has 0 aliphatic carbocycles. The first-order chi connectivity index (χ1) is 8.78. The highest BCUT2D eigenvalue weighted by Crippen LogP contribution is 2.22. The monoisotopic (exact) mass is 244 g/mol. The molecule has 92 valence electrons. The number of aliphatic hydroxyl groups is 1. The number of nitrogens with zero attached hydrogens (tertiary/aromatic N) is 5. The van der Waals surface area contributed by atoms with Crippen molar-refractivity contribution < 1.29 is 5.11 Å². The van der Waals surface area contributed by atoms with Gasteiger partial charge in [-0.2, -0.15) is 10.2 Å². The Labute approximate surface area is 103 Å². The number of hydrogen-bond donors (Lipinski definition) is 2. The van der Waals surface area contributed by atoms with Crippen molar-refractivity contribution in [2.24, 2.45) is 0 Å². The Morgan fingerprint density at radius 3 is 3.17 bits per heavy atom. The van der Waals surface area contributed by atoms with Gasteiger partial charge in [0.25, 0.3) is 0 Å². The van der Waals surface area contributed by atoms with Crippen molar-refractivity contribution in [2.75, 3.05) is 6.61 Å². The van der Waals surface area contributed by atoms with Crippen LogP contribution in [0.25, 0.3) is 22.4 Å². The van der Waals surface area contributed by atoms with E-state index in [0.717, 1.165) is 16.8 Å². The summed E-state index contributed by atoms with van der Waals surface area (Å²) in [5, 5.41) is 21.1. The van der Waals surface area contributed by atoms with E-state index in [1.807, 2.05) is 19.2 Å². The molecule has 3 heterocycles. The van der Waals surface area contributed by atoms with Gasteiger partial charge in [0.2, 0.25) is 0 Å². The van der Waals surface area contributed by atoms with Gasteiger partial charge in [0.05, 0.1) is 24.2 Å². The standard InChI is InChI=1S/C11H12N6O/c1-7-12-6-8-10(14-15-11(8)13-7)9-2-3-17(16-9)4-5-18/h2-3,6,18H,4-5H2,1H3,(H,12,13,14,15). The lowest BCUT2D eigenvalue weighted by Gasteiger charge is -1.96. The average molecular weight is 244 g/mol. The fraction of sp³-hybridized carbons (Fsp3) is 0.273. The van der Waals surface area contributed by atoms with Gasteiger partial charge in [0, 0.05) is 12.4 Å². The molecule has 0 saturated carbocycles. The normalized spacial score (nSPS) is 11.2. The third-order valence-electron chi connectivity index (χ3n) is 2.66. The topological polar surface area (TPSA) is 92.5 Å². The largest absolute Gasteiger partial charge is 0.394 e. The Kier molecular flexibility index (Phi) is 2.52. The minimum absolute atomic E-state index is 0.0626. The number of rotatable bonds is 3. The molecule has 2 N–H and O–H groups in total. The van der Waals surface area contributed by atoms with Gasteiger partial charge >= 0.3 is 0 Å². The summed E-state index contributed by atoms with van der Waals surface area (Å²) < 4.78 is 1.68. The van der Waals surface area contributed by atoms with E-state index >= 15 is 0 Å². The molecule has 3 aromatic rings. The van der Waals surface area contributed by atoms with Crippen molar-refractivity contribution in [3.8, 4) is 11.4 Å². The number of nitrogens with one attached hydrogen (secondary N) is 1. The van der Waals surface area contributed by atoms with E-state index in [1.165, 1.54) is 0 Å². The first kappa shape index (κ1) is 10.8. The first-order valence-corrected chi connectivity index (χ1v) is 5.60. The summed E-state index contributed by atoms with van der Waals surface area (Å²) in [4.78, 5) is 8.40. The van der Waals surface area contributed by atoms with E-state index in [2.05, 4.69) is 25.3 Å². The molecule has 0 unspecified atom stereocenters. The predicted molar refractivity (Wildman–Crippen MR) is 64.7 cm³/mol. The van der Waals surface area contributed by atoms with E-state index in [1.54, 1.807) is 10.9 Å². The van der Waals surface area contributed by atoms with Crippen LogP contribution < -0.4 is 0 Å². The Balaban J connectivity index is 2.07. The van der Waals surface area contributed by atoms with E-state index in [9.17, 15) is 0 Å². The van der Waals surface area contributed by atoms with Crippen LogP contribution >= 0.6 is 0 Å². The molecular weight excluding hydrogens is 232 g/mol. The van der Waals surface area contributed by atoms with E-state index in [0.29, 0.717) is 18.0 Å². The molecule has 0 fully saturated rings. The number of aromatic nitrogens is 6. The second kappa shape index (κ2) is 4.19. The Hall–Kier alpha value is -2.28. The minimum Gasteiger partial charge on any atom is -0.394 e. The third-order valence-corrected chi connectivity index (χ3v) is 2.66. The lowest BCUT2D eigenvalue weighted by atomic mass is 10.2. The maximum absolute atomic E-state index is 8.86. The highest BCUT2D eigenvalue weighted by atomic mass is 16.3. The zero-order chi connectivity index (χ0) is 12.5. The van der Waals surface area contributed by atoms with Crippen LogP contribution in [0.15, 0.2) is 18.5 Å². The van der Waals surface area contributed by atoms with Crippen LogP contribution in [0.1, 0.15) is 5.82 Å². The summed E-state index contributed by atoms with van der Waals surface area (Å²) in [6.07, 6.45) is 3.55. The predicted octanol–water partition coefficient (Wildman–Crippen LogP) is 0.517. The van der Waals surface area contributed by atoms with Crippen LogP contribution in [0.2, 0.25) is 0 Å². The summed E-state index contributed by atoms with van der Waals surface area (Å²) >= 11 is 0. The van der Waals surface area contributed by atoms with E-state index in [-0.39, 0.29) is 6.61 Å². The minimum atomic E-state index is 0.0626. The Bertz CT molecular complexity index is 686. The molecular formula is C11H12N6O. The SMILES string of the molecule is Cc1ncc2c(-c3ccn(CCO)n3)[nH]nc2n1. The summed E-state index contributed by atoms with van der Waals surface area (Å²) in [5.74, 6) is 0.686. The molecule has 3 rings (SSSR count). The van der Waals surface area contributed by atoms with Gasteiger partial charge in [-0.25, -0.2) is 9.97 Å². The molecule has 0 saturated heterocycles. The molecule has 7 nitrogen and oxygen atoms in total. The molecule has 0 radical (unpaired) electrons. The van der Waals surface area contributed by atoms with Gasteiger partial charge in [-0.1, -0.05) is 0 Å². The first-order valence-electron chi connectivity index (χ1n) is 5.60. The summed E-state index contributed by atoms with van der Waals surface area (Å²) in [6, 6.07) is 1.86. The van der Waals surface area contributed by atoms with Crippen molar-refractivity contribution in [1.29, 1.82) is 0 Å². The number of aliphatic hydroxyl groups excluding tert-OH is 1. The molecule has 0 bridgehead atoms.